The van der Waals surface area contributed by atoms with Crippen LogP contribution < -0.4 is 5.32 Å². The topological polar surface area (TPSA) is 45.0 Å². The molecule has 0 aliphatic rings. The van der Waals surface area contributed by atoms with E-state index in [1.165, 1.54) is 0 Å². The molecule has 0 saturated carbocycles. The van der Waals surface area contributed by atoms with E-state index >= 15 is 0 Å². The molecular weight excluding hydrogens is 236 g/mol. The molecule has 0 atom stereocenters. The minimum atomic E-state index is 0.538. The average Bonchev–Trinajstić information content (AvgIpc) is 2.28. The highest BCUT2D eigenvalue weighted by Crippen LogP contribution is 2.19. The SMILES string of the molecule is CC(C)COCCNc1cc(Cl)ccc1C#N. The molecule has 0 aliphatic heterocycles. The zero-order chi connectivity index (χ0) is 12.7. The summed E-state index contributed by atoms with van der Waals surface area (Å²) in [7, 11) is 0. The van der Waals surface area contributed by atoms with Crippen molar-refractivity contribution in [2.24, 2.45) is 5.92 Å². The molecule has 0 aromatic heterocycles. The zero-order valence-electron chi connectivity index (χ0n) is 10.2. The molecule has 3 nitrogen and oxygen atoms in total. The molecule has 1 rings (SSSR count). The van der Waals surface area contributed by atoms with Crippen LogP contribution in [0.25, 0.3) is 0 Å². The molecule has 0 heterocycles. The van der Waals surface area contributed by atoms with Gasteiger partial charge in [-0.25, -0.2) is 0 Å². The summed E-state index contributed by atoms with van der Waals surface area (Å²) >= 11 is 5.87. The third-order valence-electron chi connectivity index (χ3n) is 2.12. The molecule has 0 fully saturated rings. The summed E-state index contributed by atoms with van der Waals surface area (Å²) < 4.78 is 5.44. The summed E-state index contributed by atoms with van der Waals surface area (Å²) in [6.07, 6.45) is 0. The molecule has 4 heteroatoms. The van der Waals surface area contributed by atoms with Crippen molar-refractivity contribution in [3.8, 4) is 6.07 Å². The van der Waals surface area contributed by atoms with Gasteiger partial charge in [0.15, 0.2) is 0 Å². The Hall–Kier alpha value is -1.24. The number of anilines is 1. The molecule has 1 N–H and O–H groups in total. The molecule has 0 aliphatic carbocycles. The Balaban J connectivity index is 2.41. The van der Waals surface area contributed by atoms with Gasteiger partial charge in [0.05, 0.1) is 17.9 Å². The van der Waals surface area contributed by atoms with Gasteiger partial charge in [-0.3, -0.25) is 0 Å². The molecule has 0 unspecified atom stereocenters. The van der Waals surface area contributed by atoms with Crippen LogP contribution in [0.15, 0.2) is 18.2 Å². The van der Waals surface area contributed by atoms with Crippen molar-refractivity contribution in [3.63, 3.8) is 0 Å². The average molecular weight is 253 g/mol. The van der Waals surface area contributed by atoms with Crippen molar-refractivity contribution in [1.82, 2.24) is 0 Å². The van der Waals surface area contributed by atoms with Gasteiger partial charge in [-0.1, -0.05) is 25.4 Å². The Morgan fingerprint density at radius 3 is 2.88 bits per heavy atom. The van der Waals surface area contributed by atoms with Gasteiger partial charge in [-0.15, -0.1) is 0 Å². The smallest absolute Gasteiger partial charge is 0.101 e. The highest BCUT2D eigenvalue weighted by atomic mass is 35.5. The third kappa shape index (κ3) is 5.08. The first kappa shape index (κ1) is 13.8. The van der Waals surface area contributed by atoms with Crippen LogP contribution in [-0.4, -0.2) is 19.8 Å². The first-order valence-electron chi connectivity index (χ1n) is 5.64. The van der Waals surface area contributed by atoms with E-state index in [-0.39, 0.29) is 0 Å². The minimum Gasteiger partial charge on any atom is -0.382 e. The Morgan fingerprint density at radius 2 is 2.24 bits per heavy atom. The second kappa shape index (κ2) is 7.16. The predicted octanol–water partition coefficient (Wildman–Crippen LogP) is 3.30. The van der Waals surface area contributed by atoms with E-state index < -0.39 is 0 Å². The van der Waals surface area contributed by atoms with E-state index in [1.807, 2.05) is 0 Å². The van der Waals surface area contributed by atoms with Gasteiger partial charge in [0, 0.05) is 18.2 Å². The molecule has 0 amide bonds. The van der Waals surface area contributed by atoms with Gasteiger partial charge in [0.2, 0.25) is 0 Å². The zero-order valence-corrected chi connectivity index (χ0v) is 10.9. The predicted molar refractivity (Wildman–Crippen MR) is 70.3 cm³/mol. The number of benzene rings is 1. The number of ether oxygens (including phenoxy) is 1. The summed E-state index contributed by atoms with van der Waals surface area (Å²) in [4.78, 5) is 0. The lowest BCUT2D eigenvalue weighted by atomic mass is 10.2. The fourth-order valence-electron chi connectivity index (χ4n) is 1.34. The van der Waals surface area contributed by atoms with Crippen LogP contribution in [-0.2, 0) is 4.74 Å². The van der Waals surface area contributed by atoms with Gasteiger partial charge in [-0.05, 0) is 24.1 Å². The van der Waals surface area contributed by atoms with E-state index in [1.54, 1.807) is 18.2 Å². The van der Waals surface area contributed by atoms with Crippen LogP contribution in [0.4, 0.5) is 5.69 Å². The molecule has 17 heavy (non-hydrogen) atoms. The number of nitrogens with one attached hydrogen (secondary N) is 1. The molecule has 0 saturated heterocycles. The summed E-state index contributed by atoms with van der Waals surface area (Å²) in [6, 6.07) is 7.29. The second-order valence-electron chi connectivity index (χ2n) is 4.20. The molecule has 92 valence electrons. The van der Waals surface area contributed by atoms with Crippen molar-refractivity contribution in [1.29, 1.82) is 5.26 Å². The van der Waals surface area contributed by atoms with Crippen LogP contribution in [0.1, 0.15) is 19.4 Å². The van der Waals surface area contributed by atoms with Gasteiger partial charge >= 0.3 is 0 Å². The highest BCUT2D eigenvalue weighted by molar-refractivity contribution is 6.30. The van der Waals surface area contributed by atoms with E-state index in [9.17, 15) is 0 Å². The fourth-order valence-corrected chi connectivity index (χ4v) is 1.51. The lowest BCUT2D eigenvalue weighted by molar-refractivity contribution is 0.118. The van der Waals surface area contributed by atoms with Crippen LogP contribution in [0.5, 0.6) is 0 Å². The fraction of sp³-hybridized carbons (Fsp3) is 0.462. The lowest BCUT2D eigenvalue weighted by Crippen LogP contribution is -2.12. The van der Waals surface area contributed by atoms with Crippen molar-refractivity contribution in [3.05, 3.63) is 28.8 Å². The van der Waals surface area contributed by atoms with E-state index in [0.717, 1.165) is 12.3 Å². The van der Waals surface area contributed by atoms with Crippen LogP contribution in [0.2, 0.25) is 5.02 Å². The molecule has 1 aromatic carbocycles. The first-order valence-corrected chi connectivity index (χ1v) is 6.02. The van der Waals surface area contributed by atoms with Crippen LogP contribution in [0.3, 0.4) is 0 Å². The number of halogens is 1. The summed E-state index contributed by atoms with van der Waals surface area (Å²) in [6.45, 7) is 6.26. The minimum absolute atomic E-state index is 0.538. The highest BCUT2D eigenvalue weighted by Gasteiger charge is 2.02. The van der Waals surface area contributed by atoms with Gasteiger partial charge in [-0.2, -0.15) is 5.26 Å². The Morgan fingerprint density at radius 1 is 1.47 bits per heavy atom. The van der Waals surface area contributed by atoms with E-state index in [2.05, 4.69) is 25.2 Å². The largest absolute Gasteiger partial charge is 0.382 e. The Bertz CT molecular complexity index is 399. The first-order chi connectivity index (χ1) is 8.13. The molecule has 0 radical (unpaired) electrons. The maximum absolute atomic E-state index is 8.92. The standard InChI is InChI=1S/C13H17ClN2O/c1-10(2)9-17-6-5-16-13-7-12(14)4-3-11(13)8-15/h3-4,7,10,16H,5-6,9H2,1-2H3. The van der Waals surface area contributed by atoms with Gasteiger partial charge in [0.1, 0.15) is 6.07 Å². The molecular formula is C13H17ClN2O. The second-order valence-corrected chi connectivity index (χ2v) is 4.63. The quantitative estimate of drug-likeness (QED) is 0.790. The maximum atomic E-state index is 8.92. The maximum Gasteiger partial charge on any atom is 0.101 e. The van der Waals surface area contributed by atoms with Crippen molar-refractivity contribution >= 4 is 17.3 Å². The van der Waals surface area contributed by atoms with Crippen LogP contribution >= 0.6 is 11.6 Å². The van der Waals surface area contributed by atoms with Gasteiger partial charge < -0.3 is 10.1 Å². The van der Waals surface area contributed by atoms with Crippen LogP contribution in [0, 0.1) is 17.2 Å². The molecule has 0 spiro atoms. The van der Waals surface area contributed by atoms with E-state index in [0.29, 0.717) is 29.7 Å². The van der Waals surface area contributed by atoms with Crippen molar-refractivity contribution in [2.45, 2.75) is 13.8 Å². The van der Waals surface area contributed by atoms with Crippen molar-refractivity contribution in [2.75, 3.05) is 25.1 Å². The monoisotopic (exact) mass is 252 g/mol. The number of nitrogens with zero attached hydrogens (tertiary/aromatic N) is 1. The number of hydrogen-bond donors (Lipinski definition) is 1. The summed E-state index contributed by atoms with van der Waals surface area (Å²) in [5, 5.41) is 12.7. The lowest BCUT2D eigenvalue weighted by Gasteiger charge is -2.10. The number of rotatable bonds is 6. The molecule has 1 aromatic rings. The number of nitriles is 1. The van der Waals surface area contributed by atoms with Crippen molar-refractivity contribution < 1.29 is 4.74 Å². The third-order valence-corrected chi connectivity index (χ3v) is 2.35. The Kier molecular flexibility index (Phi) is 5.82. The number of hydrogen-bond acceptors (Lipinski definition) is 3. The summed E-state index contributed by atoms with van der Waals surface area (Å²) in [5.74, 6) is 0.538. The van der Waals surface area contributed by atoms with Gasteiger partial charge in [0.25, 0.3) is 0 Å². The normalized spacial score (nSPS) is 10.3. The Labute approximate surface area is 107 Å². The van der Waals surface area contributed by atoms with E-state index in [4.69, 9.17) is 21.6 Å². The summed E-state index contributed by atoms with van der Waals surface area (Å²) in [5.41, 5.74) is 1.35. The molecule has 0 bridgehead atoms.